The van der Waals surface area contributed by atoms with Crippen molar-refractivity contribution in [3.05, 3.63) is 23.8 Å². The minimum atomic E-state index is 0.544. The van der Waals surface area contributed by atoms with Crippen LogP contribution in [0.3, 0.4) is 0 Å². The predicted octanol–water partition coefficient (Wildman–Crippen LogP) is 2.18. The van der Waals surface area contributed by atoms with Crippen LogP contribution in [-0.4, -0.2) is 38.2 Å². The van der Waals surface area contributed by atoms with Gasteiger partial charge in [0.2, 0.25) is 0 Å². The first kappa shape index (κ1) is 12.8. The highest BCUT2D eigenvalue weighted by Gasteiger charge is 2.16. The van der Waals surface area contributed by atoms with E-state index in [1.165, 1.54) is 12.8 Å². The summed E-state index contributed by atoms with van der Waals surface area (Å²) in [4.78, 5) is 2.36. The van der Waals surface area contributed by atoms with Crippen LogP contribution in [0.1, 0.15) is 18.4 Å². The average molecular weight is 244 g/mol. The largest absolute Gasteiger partial charge is 0.495 e. The fourth-order valence-corrected chi connectivity index (χ4v) is 2.29. The molecule has 0 atom stereocenters. The maximum absolute atomic E-state index is 5.42. The van der Waals surface area contributed by atoms with E-state index in [4.69, 9.17) is 11.2 Å². The van der Waals surface area contributed by atoms with Gasteiger partial charge in [0.15, 0.2) is 0 Å². The van der Waals surface area contributed by atoms with E-state index in [0.717, 1.165) is 30.1 Å². The SMILES string of the molecule is C#Cc1ccc(NC2CCN(C)CC2)cc1OC. The van der Waals surface area contributed by atoms with E-state index in [1.54, 1.807) is 7.11 Å². The zero-order valence-electron chi connectivity index (χ0n) is 11.1. The number of methoxy groups -OCH3 is 1. The van der Waals surface area contributed by atoms with Gasteiger partial charge < -0.3 is 15.0 Å². The lowest BCUT2D eigenvalue weighted by atomic mass is 10.0. The van der Waals surface area contributed by atoms with Crippen LogP contribution in [0.15, 0.2) is 18.2 Å². The number of nitrogens with one attached hydrogen (secondary N) is 1. The van der Waals surface area contributed by atoms with Crippen LogP contribution in [0.25, 0.3) is 0 Å². The molecule has 0 bridgehead atoms. The van der Waals surface area contributed by atoms with Crippen molar-refractivity contribution in [2.75, 3.05) is 32.6 Å². The molecule has 0 aliphatic carbocycles. The van der Waals surface area contributed by atoms with Gasteiger partial charge in [-0.1, -0.05) is 5.92 Å². The van der Waals surface area contributed by atoms with Crippen molar-refractivity contribution in [1.29, 1.82) is 0 Å². The second-order valence-electron chi connectivity index (χ2n) is 4.78. The molecule has 0 saturated carbocycles. The summed E-state index contributed by atoms with van der Waals surface area (Å²) in [6.45, 7) is 2.30. The van der Waals surface area contributed by atoms with Crippen molar-refractivity contribution in [1.82, 2.24) is 4.90 Å². The van der Waals surface area contributed by atoms with E-state index in [9.17, 15) is 0 Å². The fourth-order valence-electron chi connectivity index (χ4n) is 2.29. The Labute approximate surface area is 109 Å². The van der Waals surface area contributed by atoms with Gasteiger partial charge in [0, 0.05) is 17.8 Å². The van der Waals surface area contributed by atoms with Gasteiger partial charge in [-0.25, -0.2) is 0 Å². The molecule has 1 fully saturated rings. The maximum atomic E-state index is 5.42. The number of piperidine rings is 1. The van der Waals surface area contributed by atoms with Gasteiger partial charge in [-0.05, 0) is 45.1 Å². The Balaban J connectivity index is 2.04. The van der Waals surface area contributed by atoms with Crippen LogP contribution in [-0.2, 0) is 0 Å². The van der Waals surface area contributed by atoms with Gasteiger partial charge in [-0.2, -0.15) is 0 Å². The summed E-state index contributed by atoms with van der Waals surface area (Å²) in [5.74, 6) is 3.38. The molecular weight excluding hydrogens is 224 g/mol. The number of hydrogen-bond donors (Lipinski definition) is 1. The molecule has 1 aromatic rings. The average Bonchev–Trinajstić information content (AvgIpc) is 2.41. The number of hydrogen-bond acceptors (Lipinski definition) is 3. The van der Waals surface area contributed by atoms with Crippen molar-refractivity contribution in [3.63, 3.8) is 0 Å². The zero-order chi connectivity index (χ0) is 13.0. The van der Waals surface area contributed by atoms with E-state index >= 15 is 0 Å². The van der Waals surface area contributed by atoms with Crippen molar-refractivity contribution < 1.29 is 4.74 Å². The summed E-state index contributed by atoms with van der Waals surface area (Å²) in [6.07, 6.45) is 7.77. The van der Waals surface area contributed by atoms with E-state index in [2.05, 4.69) is 23.2 Å². The molecule has 18 heavy (non-hydrogen) atoms. The number of anilines is 1. The van der Waals surface area contributed by atoms with E-state index in [1.807, 2.05) is 18.2 Å². The van der Waals surface area contributed by atoms with Crippen LogP contribution in [0.4, 0.5) is 5.69 Å². The first-order valence-electron chi connectivity index (χ1n) is 6.32. The molecular formula is C15H20N2O. The molecule has 0 radical (unpaired) electrons. The van der Waals surface area contributed by atoms with Crippen LogP contribution in [0.2, 0.25) is 0 Å². The van der Waals surface area contributed by atoms with Gasteiger partial charge in [-0.3, -0.25) is 0 Å². The molecule has 0 aromatic heterocycles. The molecule has 3 heteroatoms. The molecule has 1 N–H and O–H groups in total. The van der Waals surface area contributed by atoms with Crippen LogP contribution in [0.5, 0.6) is 5.75 Å². The minimum absolute atomic E-state index is 0.544. The second kappa shape index (κ2) is 5.79. The highest BCUT2D eigenvalue weighted by Crippen LogP contribution is 2.24. The molecule has 1 aliphatic rings. The number of rotatable bonds is 3. The second-order valence-corrected chi connectivity index (χ2v) is 4.78. The van der Waals surface area contributed by atoms with Crippen molar-refractivity contribution in [2.24, 2.45) is 0 Å². The number of ether oxygens (including phenoxy) is 1. The Morgan fingerprint density at radius 1 is 1.39 bits per heavy atom. The molecule has 3 nitrogen and oxygen atoms in total. The van der Waals surface area contributed by atoms with E-state index < -0.39 is 0 Å². The molecule has 2 rings (SSSR count). The lowest BCUT2D eigenvalue weighted by molar-refractivity contribution is 0.264. The van der Waals surface area contributed by atoms with Crippen molar-refractivity contribution in [2.45, 2.75) is 18.9 Å². The Morgan fingerprint density at radius 2 is 2.11 bits per heavy atom. The summed E-state index contributed by atoms with van der Waals surface area (Å²) in [5, 5.41) is 3.55. The van der Waals surface area contributed by atoms with Crippen LogP contribution < -0.4 is 10.1 Å². The van der Waals surface area contributed by atoms with Gasteiger partial charge in [-0.15, -0.1) is 6.42 Å². The summed E-state index contributed by atoms with van der Waals surface area (Å²) in [5.41, 5.74) is 1.88. The summed E-state index contributed by atoms with van der Waals surface area (Å²) in [7, 11) is 3.82. The van der Waals surface area contributed by atoms with Gasteiger partial charge in [0.05, 0.1) is 12.7 Å². The Bertz CT molecular complexity index is 442. The number of nitrogens with zero attached hydrogens (tertiary/aromatic N) is 1. The monoisotopic (exact) mass is 244 g/mol. The maximum Gasteiger partial charge on any atom is 0.136 e. The third-order valence-electron chi connectivity index (χ3n) is 3.45. The normalized spacial score (nSPS) is 17.2. The highest BCUT2D eigenvalue weighted by atomic mass is 16.5. The molecule has 96 valence electrons. The molecule has 1 aliphatic heterocycles. The predicted molar refractivity (Wildman–Crippen MR) is 75.1 cm³/mol. The quantitative estimate of drug-likeness (QED) is 0.825. The third-order valence-corrected chi connectivity index (χ3v) is 3.45. The molecule has 1 aromatic carbocycles. The van der Waals surface area contributed by atoms with Gasteiger partial charge in [0.25, 0.3) is 0 Å². The van der Waals surface area contributed by atoms with Crippen molar-refractivity contribution >= 4 is 5.69 Å². The Morgan fingerprint density at radius 3 is 2.72 bits per heavy atom. The van der Waals surface area contributed by atoms with Crippen molar-refractivity contribution in [3.8, 4) is 18.1 Å². The third kappa shape index (κ3) is 2.96. The molecule has 0 unspecified atom stereocenters. The first-order valence-corrected chi connectivity index (χ1v) is 6.32. The zero-order valence-corrected chi connectivity index (χ0v) is 11.1. The smallest absolute Gasteiger partial charge is 0.136 e. The summed E-state index contributed by atoms with van der Waals surface area (Å²) in [6, 6.07) is 6.47. The lowest BCUT2D eigenvalue weighted by Crippen LogP contribution is -2.36. The number of terminal acetylenes is 1. The van der Waals surface area contributed by atoms with E-state index in [0.29, 0.717) is 6.04 Å². The molecule has 0 amide bonds. The minimum Gasteiger partial charge on any atom is -0.495 e. The Kier molecular flexibility index (Phi) is 4.11. The Hall–Kier alpha value is -1.66. The number of benzene rings is 1. The first-order chi connectivity index (χ1) is 8.72. The summed E-state index contributed by atoms with van der Waals surface area (Å²) >= 11 is 0. The topological polar surface area (TPSA) is 24.5 Å². The lowest BCUT2D eigenvalue weighted by Gasteiger charge is -2.30. The molecule has 1 saturated heterocycles. The molecule has 1 heterocycles. The summed E-state index contributed by atoms with van der Waals surface area (Å²) < 4.78 is 5.29. The fraction of sp³-hybridized carbons (Fsp3) is 0.467. The highest BCUT2D eigenvalue weighted by molar-refractivity contribution is 5.56. The number of likely N-dealkylation sites (tertiary alicyclic amines) is 1. The standard InChI is InChI=1S/C15H20N2O/c1-4-12-5-6-14(11-15(12)18-3)16-13-7-9-17(2)10-8-13/h1,5-6,11,13,16H,7-10H2,2-3H3. The van der Waals surface area contributed by atoms with E-state index in [-0.39, 0.29) is 0 Å². The van der Waals surface area contributed by atoms with Gasteiger partial charge in [0.1, 0.15) is 5.75 Å². The van der Waals surface area contributed by atoms with Crippen LogP contribution in [0, 0.1) is 12.3 Å². The van der Waals surface area contributed by atoms with Gasteiger partial charge >= 0.3 is 0 Å². The van der Waals surface area contributed by atoms with Crippen LogP contribution >= 0.6 is 0 Å². The molecule has 0 spiro atoms.